The quantitative estimate of drug-likeness (QED) is 0.867. The molecular weight excluding hydrogens is 271 g/mol. The molecule has 4 nitrogen and oxygen atoms in total. The van der Waals surface area contributed by atoms with Crippen molar-refractivity contribution in [1.82, 2.24) is 4.90 Å². The SMILES string of the molecule is COC(=O)c1ccc(F)c(NC2CCN(C(C)C)CC2)c1. The predicted molar refractivity (Wildman–Crippen MR) is 81.1 cm³/mol. The second-order valence-corrected chi connectivity index (χ2v) is 5.73. The van der Waals surface area contributed by atoms with Gasteiger partial charge in [-0.3, -0.25) is 0 Å². The number of ether oxygens (including phenoxy) is 1. The molecule has 1 N–H and O–H groups in total. The van der Waals surface area contributed by atoms with E-state index in [0.717, 1.165) is 25.9 Å². The van der Waals surface area contributed by atoms with E-state index in [-0.39, 0.29) is 11.9 Å². The highest BCUT2D eigenvalue weighted by atomic mass is 19.1. The summed E-state index contributed by atoms with van der Waals surface area (Å²) in [5, 5.41) is 3.22. The van der Waals surface area contributed by atoms with Crippen LogP contribution in [-0.4, -0.2) is 43.2 Å². The predicted octanol–water partition coefficient (Wildman–Crippen LogP) is 2.90. The first-order valence-corrected chi connectivity index (χ1v) is 7.39. The van der Waals surface area contributed by atoms with Gasteiger partial charge in [-0.25, -0.2) is 9.18 Å². The van der Waals surface area contributed by atoms with Gasteiger partial charge >= 0.3 is 5.97 Å². The van der Waals surface area contributed by atoms with E-state index in [4.69, 9.17) is 0 Å². The molecule has 0 amide bonds. The molecule has 1 aliphatic rings. The van der Waals surface area contributed by atoms with Crippen LogP contribution in [0.4, 0.5) is 10.1 Å². The second kappa shape index (κ2) is 6.89. The van der Waals surface area contributed by atoms with Gasteiger partial charge in [0.2, 0.25) is 0 Å². The van der Waals surface area contributed by atoms with Gasteiger partial charge in [0.15, 0.2) is 0 Å². The van der Waals surface area contributed by atoms with Gasteiger partial charge in [-0.2, -0.15) is 0 Å². The average molecular weight is 294 g/mol. The van der Waals surface area contributed by atoms with E-state index in [1.54, 1.807) is 0 Å². The summed E-state index contributed by atoms with van der Waals surface area (Å²) in [4.78, 5) is 13.9. The molecule has 0 aliphatic carbocycles. The van der Waals surface area contributed by atoms with Crippen LogP contribution < -0.4 is 5.32 Å². The van der Waals surface area contributed by atoms with E-state index >= 15 is 0 Å². The minimum atomic E-state index is -0.451. The lowest BCUT2D eigenvalue weighted by Crippen LogP contribution is -2.42. The highest BCUT2D eigenvalue weighted by Gasteiger charge is 2.21. The topological polar surface area (TPSA) is 41.6 Å². The molecule has 0 radical (unpaired) electrons. The maximum absolute atomic E-state index is 13.9. The zero-order valence-corrected chi connectivity index (χ0v) is 12.9. The van der Waals surface area contributed by atoms with Gasteiger partial charge in [-0.1, -0.05) is 0 Å². The molecule has 0 spiro atoms. The molecule has 5 heteroatoms. The third kappa shape index (κ3) is 3.94. The Balaban J connectivity index is 2.01. The van der Waals surface area contributed by atoms with Crippen LogP contribution in [0.25, 0.3) is 0 Å². The first kappa shape index (κ1) is 15.8. The van der Waals surface area contributed by atoms with Gasteiger partial charge in [0.25, 0.3) is 0 Å². The van der Waals surface area contributed by atoms with Crippen molar-refractivity contribution < 1.29 is 13.9 Å². The van der Waals surface area contributed by atoms with Gasteiger partial charge < -0.3 is 15.0 Å². The zero-order valence-electron chi connectivity index (χ0n) is 12.9. The molecule has 1 aliphatic heterocycles. The molecule has 1 heterocycles. The molecule has 21 heavy (non-hydrogen) atoms. The number of likely N-dealkylation sites (tertiary alicyclic amines) is 1. The third-order valence-electron chi connectivity index (χ3n) is 4.01. The number of nitrogens with zero attached hydrogens (tertiary/aromatic N) is 1. The van der Waals surface area contributed by atoms with Crippen LogP contribution in [-0.2, 0) is 4.74 Å². The van der Waals surface area contributed by atoms with E-state index < -0.39 is 5.97 Å². The van der Waals surface area contributed by atoms with Crippen LogP contribution in [0.3, 0.4) is 0 Å². The Bertz CT molecular complexity index is 497. The standard InChI is InChI=1S/C16H23FN2O2/c1-11(2)19-8-6-13(7-9-19)18-15-10-12(16(20)21-3)4-5-14(15)17/h4-5,10-11,13,18H,6-9H2,1-3H3. The van der Waals surface area contributed by atoms with Crippen LogP contribution in [0.2, 0.25) is 0 Å². The van der Waals surface area contributed by atoms with Crippen molar-refractivity contribution in [2.45, 2.75) is 38.8 Å². The van der Waals surface area contributed by atoms with Gasteiger partial charge in [0, 0.05) is 25.2 Å². The number of benzene rings is 1. The normalized spacial score (nSPS) is 17.0. The summed E-state index contributed by atoms with van der Waals surface area (Å²) < 4.78 is 18.5. The molecule has 0 bridgehead atoms. The first-order valence-electron chi connectivity index (χ1n) is 7.39. The Hall–Kier alpha value is -1.62. The molecule has 0 atom stereocenters. The van der Waals surface area contributed by atoms with Crippen molar-refractivity contribution in [2.75, 3.05) is 25.5 Å². The highest BCUT2D eigenvalue weighted by Crippen LogP contribution is 2.22. The van der Waals surface area contributed by atoms with Crippen molar-refractivity contribution in [1.29, 1.82) is 0 Å². The van der Waals surface area contributed by atoms with Crippen molar-refractivity contribution in [3.63, 3.8) is 0 Å². The number of piperidine rings is 1. The molecule has 2 rings (SSSR count). The first-order chi connectivity index (χ1) is 10.0. The Kier molecular flexibility index (Phi) is 5.17. The number of esters is 1. The van der Waals surface area contributed by atoms with Gasteiger partial charge in [-0.15, -0.1) is 0 Å². The van der Waals surface area contributed by atoms with Crippen molar-refractivity contribution in [3.8, 4) is 0 Å². The summed E-state index contributed by atoms with van der Waals surface area (Å²) >= 11 is 0. The van der Waals surface area contributed by atoms with Gasteiger partial charge in [0.05, 0.1) is 18.4 Å². The lowest BCUT2D eigenvalue weighted by atomic mass is 10.0. The number of nitrogens with one attached hydrogen (secondary N) is 1. The van der Waals surface area contributed by atoms with Crippen LogP contribution in [0.15, 0.2) is 18.2 Å². The van der Waals surface area contributed by atoms with E-state index in [0.29, 0.717) is 17.3 Å². The molecule has 0 aromatic heterocycles. The maximum Gasteiger partial charge on any atom is 0.337 e. The minimum Gasteiger partial charge on any atom is -0.465 e. The smallest absolute Gasteiger partial charge is 0.337 e. The highest BCUT2D eigenvalue weighted by molar-refractivity contribution is 5.90. The Morgan fingerprint density at radius 1 is 1.38 bits per heavy atom. The Morgan fingerprint density at radius 3 is 2.62 bits per heavy atom. The average Bonchev–Trinajstić information content (AvgIpc) is 2.49. The molecule has 0 unspecified atom stereocenters. The molecule has 1 aromatic rings. The van der Waals surface area contributed by atoms with E-state index in [9.17, 15) is 9.18 Å². The third-order valence-corrected chi connectivity index (χ3v) is 4.01. The van der Waals surface area contributed by atoms with Gasteiger partial charge in [-0.05, 0) is 44.9 Å². The Labute approximate surface area is 125 Å². The van der Waals surface area contributed by atoms with Gasteiger partial charge in [0.1, 0.15) is 5.82 Å². The number of rotatable bonds is 4. The van der Waals surface area contributed by atoms with Crippen LogP contribution in [0.5, 0.6) is 0 Å². The number of carbonyl (C=O) groups excluding carboxylic acids is 1. The minimum absolute atomic E-state index is 0.238. The molecule has 0 saturated carbocycles. The van der Waals surface area contributed by atoms with Crippen LogP contribution in [0.1, 0.15) is 37.0 Å². The largest absolute Gasteiger partial charge is 0.465 e. The van der Waals surface area contributed by atoms with Crippen LogP contribution >= 0.6 is 0 Å². The maximum atomic E-state index is 13.9. The summed E-state index contributed by atoms with van der Waals surface area (Å²) in [6, 6.07) is 5.05. The second-order valence-electron chi connectivity index (χ2n) is 5.73. The summed E-state index contributed by atoms with van der Waals surface area (Å²) in [6.45, 7) is 6.39. The van der Waals surface area contributed by atoms with E-state index in [1.807, 2.05) is 0 Å². The fourth-order valence-corrected chi connectivity index (χ4v) is 2.66. The molecule has 1 saturated heterocycles. The molecule has 116 valence electrons. The lowest BCUT2D eigenvalue weighted by molar-refractivity contribution is 0.0600. The number of carbonyl (C=O) groups is 1. The Morgan fingerprint density at radius 2 is 2.05 bits per heavy atom. The summed E-state index contributed by atoms with van der Waals surface area (Å²) in [6.07, 6.45) is 1.94. The van der Waals surface area contributed by atoms with Crippen molar-refractivity contribution in [2.24, 2.45) is 0 Å². The fraction of sp³-hybridized carbons (Fsp3) is 0.562. The summed E-state index contributed by atoms with van der Waals surface area (Å²) in [5.74, 6) is -0.790. The number of hydrogen-bond donors (Lipinski definition) is 1. The molecule has 1 fully saturated rings. The van der Waals surface area contributed by atoms with Crippen LogP contribution in [0, 0.1) is 5.82 Å². The van der Waals surface area contributed by atoms with Crippen molar-refractivity contribution >= 4 is 11.7 Å². The summed E-state index contributed by atoms with van der Waals surface area (Å²) in [7, 11) is 1.32. The van der Waals surface area contributed by atoms with Crippen molar-refractivity contribution in [3.05, 3.63) is 29.6 Å². The molecule has 1 aromatic carbocycles. The fourth-order valence-electron chi connectivity index (χ4n) is 2.66. The van der Waals surface area contributed by atoms with E-state index in [1.165, 1.54) is 25.3 Å². The number of anilines is 1. The molecular formula is C16H23FN2O2. The zero-order chi connectivity index (χ0) is 15.4. The number of halogens is 1. The summed E-state index contributed by atoms with van der Waals surface area (Å²) in [5.41, 5.74) is 0.738. The number of methoxy groups -OCH3 is 1. The van der Waals surface area contributed by atoms with E-state index in [2.05, 4.69) is 28.8 Å². The monoisotopic (exact) mass is 294 g/mol. The lowest BCUT2D eigenvalue weighted by Gasteiger charge is -2.35. The number of hydrogen-bond acceptors (Lipinski definition) is 4.